The van der Waals surface area contributed by atoms with Gasteiger partial charge in [-0.05, 0) is 80.9 Å². The number of primary amides is 1. The topological polar surface area (TPSA) is 455 Å². The van der Waals surface area contributed by atoms with Gasteiger partial charge in [0.2, 0.25) is 59.1 Å². The quantitative estimate of drug-likeness (QED) is 0.0174. The average Bonchev–Trinajstić information content (AvgIpc) is 4.13. The van der Waals surface area contributed by atoms with Crippen molar-refractivity contribution in [2.75, 3.05) is 39.4 Å². The van der Waals surface area contributed by atoms with Crippen molar-refractivity contribution < 1.29 is 58.2 Å². The lowest BCUT2D eigenvalue weighted by atomic mass is 10.0. The van der Waals surface area contributed by atoms with Crippen molar-refractivity contribution in [1.82, 2.24) is 57.8 Å². The minimum Gasteiger partial charge on any atom is -0.394 e. The van der Waals surface area contributed by atoms with Gasteiger partial charge in [0.15, 0.2) is 0 Å². The molecular formula is C56H77N15O12. The summed E-state index contributed by atoms with van der Waals surface area (Å²) in [6.45, 7) is -0.901. The van der Waals surface area contributed by atoms with Gasteiger partial charge in [0.05, 0.1) is 32.3 Å². The van der Waals surface area contributed by atoms with Gasteiger partial charge in [0.1, 0.15) is 42.3 Å². The maximum absolute atomic E-state index is 14.6. The first-order chi connectivity index (χ1) is 39.8. The molecule has 0 aliphatic carbocycles. The number of carbonyl (C=O) groups excluding carboxylic acids is 10. The van der Waals surface area contributed by atoms with Gasteiger partial charge in [-0.2, -0.15) is 0 Å². The molecule has 0 saturated heterocycles. The molecular weight excluding hydrogens is 1070 g/mol. The van der Waals surface area contributed by atoms with E-state index in [2.05, 4.69) is 57.8 Å². The number of aromatic nitrogens is 2. The molecule has 27 heteroatoms. The summed E-state index contributed by atoms with van der Waals surface area (Å²) in [5.41, 5.74) is 25.5. The molecule has 0 saturated carbocycles. The second-order valence-corrected chi connectivity index (χ2v) is 19.9. The van der Waals surface area contributed by atoms with Crippen LogP contribution in [0.5, 0.6) is 0 Å². The van der Waals surface area contributed by atoms with Gasteiger partial charge >= 0.3 is 0 Å². The molecule has 83 heavy (non-hydrogen) atoms. The van der Waals surface area contributed by atoms with E-state index in [0.717, 1.165) is 0 Å². The number of fused-ring (bicyclic) bond motifs is 2. The van der Waals surface area contributed by atoms with Crippen LogP contribution in [0.4, 0.5) is 0 Å². The molecule has 27 nitrogen and oxygen atoms in total. The number of H-pyrrole nitrogens is 2. The Hall–Kier alpha value is -8.76. The Labute approximate surface area is 478 Å². The average molecular weight is 1150 g/mol. The number of unbranched alkanes of at least 4 members (excludes halogenated alkanes) is 2. The van der Waals surface area contributed by atoms with E-state index in [1.54, 1.807) is 91.3 Å². The molecule has 10 amide bonds. The highest BCUT2D eigenvalue weighted by Gasteiger charge is 2.34. The van der Waals surface area contributed by atoms with Crippen LogP contribution in [0.2, 0.25) is 0 Å². The second-order valence-electron chi connectivity index (χ2n) is 19.9. The number of nitrogens with two attached hydrogens (primary N) is 4. The largest absolute Gasteiger partial charge is 0.394 e. The normalized spacial score (nSPS) is 14.0. The third-order valence-corrected chi connectivity index (χ3v) is 13.6. The van der Waals surface area contributed by atoms with E-state index in [-0.39, 0.29) is 25.7 Å². The highest BCUT2D eigenvalue weighted by Crippen LogP contribution is 2.21. The van der Waals surface area contributed by atoms with Gasteiger partial charge in [0.25, 0.3) is 0 Å². The summed E-state index contributed by atoms with van der Waals surface area (Å²) in [7, 11) is 0. The molecule has 0 fully saturated rings. The predicted molar refractivity (Wildman–Crippen MR) is 307 cm³/mol. The monoisotopic (exact) mass is 1150 g/mol. The van der Waals surface area contributed by atoms with Crippen LogP contribution < -0.4 is 70.8 Å². The fourth-order valence-electron chi connectivity index (χ4n) is 8.89. The second kappa shape index (κ2) is 33.2. The number of nitrogens with one attached hydrogen (secondary N) is 11. The number of rotatable bonds is 35. The van der Waals surface area contributed by atoms with Crippen LogP contribution in [0.15, 0.2) is 91.3 Å². The summed E-state index contributed by atoms with van der Waals surface area (Å²) in [6.07, 6.45) is 5.53. The van der Waals surface area contributed by atoms with Crippen molar-refractivity contribution in [3.05, 3.63) is 108 Å². The van der Waals surface area contributed by atoms with E-state index in [0.29, 0.717) is 83.7 Å². The predicted octanol–water partition coefficient (Wildman–Crippen LogP) is -3.62. The zero-order valence-electron chi connectivity index (χ0n) is 46.2. The zero-order valence-corrected chi connectivity index (χ0v) is 46.2. The third-order valence-electron chi connectivity index (χ3n) is 13.6. The molecule has 0 radical (unpaired) electrons. The summed E-state index contributed by atoms with van der Waals surface area (Å²) in [5, 5.41) is 44.3. The fourth-order valence-corrected chi connectivity index (χ4v) is 8.89. The molecule has 0 bridgehead atoms. The van der Waals surface area contributed by atoms with Crippen LogP contribution in [0, 0.1) is 0 Å². The van der Waals surface area contributed by atoms with Gasteiger partial charge in [-0.25, -0.2) is 0 Å². The van der Waals surface area contributed by atoms with Crippen LogP contribution in [0.1, 0.15) is 62.1 Å². The molecule has 8 atom stereocenters. The number of aliphatic hydroxyl groups excluding tert-OH is 2. The SMILES string of the molecule is CC(NC(=O)C(Cc1c[nH]c2ccccc12)NC(=O)C(CO)NC(=O)C(Cc1c[nH]c2ccccc12)NC(=O)C(Cc1ccccc1)NC(=O)CNC(=O)C(CCCCN)NC(=O)CNC(=O)C(N)CCCCN)C(=O)NC(CO)C(N)=O. The smallest absolute Gasteiger partial charge is 0.245 e. The number of aliphatic hydroxyl groups is 2. The molecule has 3 aromatic carbocycles. The van der Waals surface area contributed by atoms with Gasteiger partial charge in [0, 0.05) is 53.5 Å². The summed E-state index contributed by atoms with van der Waals surface area (Å²) >= 11 is 0. The summed E-state index contributed by atoms with van der Waals surface area (Å²) in [4.78, 5) is 141. The lowest BCUT2D eigenvalue weighted by Gasteiger charge is -2.26. The molecule has 0 aliphatic heterocycles. The number of hydrogen-bond acceptors (Lipinski definition) is 15. The zero-order chi connectivity index (χ0) is 60.4. The Kier molecular flexibility index (Phi) is 26.0. The lowest BCUT2D eigenvalue weighted by molar-refractivity contribution is -0.136. The van der Waals surface area contributed by atoms with Crippen molar-refractivity contribution in [3.63, 3.8) is 0 Å². The number of para-hydroxylation sites is 2. The summed E-state index contributed by atoms with van der Waals surface area (Å²) in [5.74, 6) is -8.45. The number of hydrogen-bond donors (Lipinski definition) is 17. The van der Waals surface area contributed by atoms with E-state index in [1.807, 2.05) is 0 Å². The Morgan fingerprint density at radius 3 is 1.42 bits per heavy atom. The molecule has 2 aromatic heterocycles. The van der Waals surface area contributed by atoms with E-state index < -0.39 is 134 Å². The van der Waals surface area contributed by atoms with E-state index in [9.17, 15) is 58.2 Å². The van der Waals surface area contributed by atoms with Gasteiger partial charge < -0.3 is 91.0 Å². The Bertz CT molecular complexity index is 3010. The molecule has 0 spiro atoms. The first kappa shape index (κ1) is 65.1. The van der Waals surface area contributed by atoms with E-state index >= 15 is 0 Å². The molecule has 21 N–H and O–H groups in total. The van der Waals surface area contributed by atoms with Crippen molar-refractivity contribution in [1.29, 1.82) is 0 Å². The molecule has 0 aliphatic rings. The van der Waals surface area contributed by atoms with Gasteiger partial charge in [-0.15, -0.1) is 0 Å². The highest BCUT2D eigenvalue weighted by atomic mass is 16.3. The number of aromatic amines is 2. The van der Waals surface area contributed by atoms with Crippen molar-refractivity contribution in [3.8, 4) is 0 Å². The van der Waals surface area contributed by atoms with Crippen LogP contribution in [0.3, 0.4) is 0 Å². The fraction of sp³-hybridized carbons (Fsp3) is 0.429. The molecule has 2 heterocycles. The van der Waals surface area contributed by atoms with Crippen LogP contribution in [-0.4, -0.2) is 167 Å². The first-order valence-electron chi connectivity index (χ1n) is 27.3. The van der Waals surface area contributed by atoms with Crippen LogP contribution in [0.25, 0.3) is 21.8 Å². The summed E-state index contributed by atoms with van der Waals surface area (Å²) in [6, 6.07) is 12.0. The maximum atomic E-state index is 14.6. The molecule has 5 rings (SSSR count). The van der Waals surface area contributed by atoms with E-state index in [1.165, 1.54) is 6.92 Å². The van der Waals surface area contributed by atoms with Crippen molar-refractivity contribution in [2.45, 2.75) is 113 Å². The minimum absolute atomic E-state index is 0.108. The molecule has 448 valence electrons. The Morgan fingerprint density at radius 1 is 0.470 bits per heavy atom. The number of amides is 10. The molecule has 5 aromatic rings. The van der Waals surface area contributed by atoms with Gasteiger partial charge in [-0.1, -0.05) is 73.2 Å². The third kappa shape index (κ3) is 20.3. The highest BCUT2D eigenvalue weighted by molar-refractivity contribution is 5.99. The number of carbonyl (C=O) groups is 10. The summed E-state index contributed by atoms with van der Waals surface area (Å²) < 4.78 is 0. The van der Waals surface area contributed by atoms with E-state index in [4.69, 9.17) is 22.9 Å². The first-order valence-corrected chi connectivity index (χ1v) is 27.3. The molecule has 8 unspecified atom stereocenters. The van der Waals surface area contributed by atoms with Crippen LogP contribution >= 0.6 is 0 Å². The van der Waals surface area contributed by atoms with Gasteiger partial charge in [-0.3, -0.25) is 47.9 Å². The van der Waals surface area contributed by atoms with Crippen molar-refractivity contribution in [2.24, 2.45) is 22.9 Å². The minimum atomic E-state index is -1.74. The lowest BCUT2D eigenvalue weighted by Crippen LogP contribution is -2.61. The standard InChI is InChI=1S/C56H77N15O12/c1-32(50(77)70-45(30-72)49(60)76)65-53(80)43(24-34-26-61-39-18-7-5-15-36(34)39)69-56(83)46(31-73)71-55(82)44(25-35-27-62-40-19-8-6-16-37(35)40)68-54(81)42(23-33-13-3-2-4-14-33)67-48(75)29-64-52(79)41(20-10-12-22-58)66-47(74)28-63-51(78)38(59)17-9-11-21-57/h2-8,13-16,18-19,26-27,32,38,41-46,61-62,72-73H,9-12,17,20-25,28-31,57-59H2,1H3,(H2,60,76)(H,63,78)(H,64,79)(H,65,80)(H,66,74)(H,67,75)(H,68,81)(H,69,83)(H,70,77)(H,71,82). The Balaban J connectivity index is 1.34. The van der Waals surface area contributed by atoms with Crippen LogP contribution in [-0.2, 0) is 67.2 Å². The Morgan fingerprint density at radius 2 is 0.904 bits per heavy atom. The number of benzene rings is 3. The maximum Gasteiger partial charge on any atom is 0.245 e. The van der Waals surface area contributed by atoms with Crippen molar-refractivity contribution >= 4 is 80.9 Å².